The van der Waals surface area contributed by atoms with Crippen LogP contribution in [0.1, 0.15) is 79.2 Å². The molecule has 310 valence electrons. The van der Waals surface area contributed by atoms with Gasteiger partial charge in [0.05, 0.1) is 0 Å². The molecule has 1 aromatic carbocycles. The first-order valence-corrected chi connectivity index (χ1v) is 19.5. The monoisotopic (exact) mass is 803 g/mol. The number of benzene rings is 1. The van der Waals surface area contributed by atoms with Crippen molar-refractivity contribution in [1.82, 2.24) is 36.9 Å². The van der Waals surface area contributed by atoms with Crippen LogP contribution >= 0.6 is 11.6 Å². The average Bonchev–Trinajstić information content (AvgIpc) is 3.54. The number of halogens is 1. The number of hydrogen-bond acceptors (Lipinski definition) is 9. The maximum Gasteiger partial charge on any atom is 0.248 e. The van der Waals surface area contributed by atoms with Crippen molar-refractivity contribution >= 4 is 63.9 Å². The third-order valence-corrected chi connectivity index (χ3v) is 10.2. The summed E-state index contributed by atoms with van der Waals surface area (Å²) < 4.78 is 0. The van der Waals surface area contributed by atoms with Crippen LogP contribution in [0.5, 0.6) is 0 Å². The smallest absolute Gasteiger partial charge is 0.248 e. The van der Waals surface area contributed by atoms with Gasteiger partial charge in [-0.15, -0.1) is 0 Å². The predicted octanol–water partition coefficient (Wildman–Crippen LogP) is 0.00960. The molecule has 18 heteroatoms. The van der Waals surface area contributed by atoms with Crippen molar-refractivity contribution in [1.29, 1.82) is 0 Å². The first kappa shape index (κ1) is 45.6. The minimum absolute atomic E-state index is 0.0198. The molecule has 0 spiro atoms. The lowest BCUT2D eigenvalue weighted by Gasteiger charge is -2.31. The number of rotatable bonds is 13. The maximum absolute atomic E-state index is 14.2. The third kappa shape index (κ3) is 12.4. The molecule has 12 N–H and O–H groups in total. The van der Waals surface area contributed by atoms with Gasteiger partial charge in [-0.2, -0.15) is 0 Å². The van der Waals surface area contributed by atoms with Gasteiger partial charge in [0.25, 0.3) is 0 Å². The van der Waals surface area contributed by atoms with Crippen molar-refractivity contribution in [2.24, 2.45) is 29.2 Å². The highest BCUT2D eigenvalue weighted by Gasteiger charge is 2.39. The van der Waals surface area contributed by atoms with Crippen molar-refractivity contribution < 1.29 is 38.7 Å². The number of H-pyrrole nitrogens is 1. The van der Waals surface area contributed by atoms with Gasteiger partial charge in [0, 0.05) is 28.5 Å². The molecule has 3 rings (SSSR count). The van der Waals surface area contributed by atoms with E-state index >= 15 is 0 Å². The molecule has 8 atom stereocenters. The van der Waals surface area contributed by atoms with Crippen LogP contribution in [0.3, 0.4) is 0 Å². The third-order valence-electron chi connectivity index (χ3n) is 10.0. The lowest BCUT2D eigenvalue weighted by atomic mass is 9.95. The van der Waals surface area contributed by atoms with Crippen LogP contribution in [0.4, 0.5) is 0 Å². The molecule has 1 aromatic heterocycles. The van der Waals surface area contributed by atoms with Crippen molar-refractivity contribution in [2.75, 3.05) is 6.54 Å². The molecule has 1 aliphatic heterocycles. The summed E-state index contributed by atoms with van der Waals surface area (Å²) in [5.41, 5.74) is 12.3. The van der Waals surface area contributed by atoms with Crippen LogP contribution in [-0.4, -0.2) is 100 Å². The van der Waals surface area contributed by atoms with Crippen LogP contribution < -0.4 is 43.4 Å². The van der Waals surface area contributed by atoms with E-state index in [1.807, 2.05) is 20.8 Å². The number of fused-ring (bicyclic) bond motifs is 1. The number of amides is 7. The van der Waals surface area contributed by atoms with Crippen LogP contribution in [-0.2, 0) is 40.0 Å². The molecule has 17 nitrogen and oxygen atoms in total. The van der Waals surface area contributed by atoms with Crippen LogP contribution in [0.25, 0.3) is 10.9 Å². The lowest BCUT2D eigenvalue weighted by Crippen LogP contribution is -2.65. The molecule has 2 heterocycles. The molecule has 1 aliphatic rings. The molecular weight excluding hydrogens is 746 g/mol. The summed E-state index contributed by atoms with van der Waals surface area (Å²) in [5.74, 6) is -7.13. The van der Waals surface area contributed by atoms with Gasteiger partial charge in [0.1, 0.15) is 36.3 Å². The van der Waals surface area contributed by atoms with Crippen molar-refractivity contribution in [3.63, 3.8) is 0 Å². The van der Waals surface area contributed by atoms with Gasteiger partial charge in [-0.3, -0.25) is 33.6 Å². The number of nitrogens with two attached hydrogens (primary N) is 2. The van der Waals surface area contributed by atoms with Gasteiger partial charge >= 0.3 is 0 Å². The molecule has 0 unspecified atom stereocenters. The second kappa shape index (κ2) is 21.0. The summed E-state index contributed by atoms with van der Waals surface area (Å²) in [6, 6.07) is -3.24. The Balaban J connectivity index is 2.19. The van der Waals surface area contributed by atoms with E-state index in [9.17, 15) is 38.7 Å². The highest BCUT2D eigenvalue weighted by Crippen LogP contribution is 2.24. The Kier molecular flexibility index (Phi) is 17.1. The number of aliphatic hydroxyl groups is 1. The Hall–Kier alpha value is -4.74. The number of aromatic nitrogens is 1. The van der Waals surface area contributed by atoms with Gasteiger partial charge in [0.15, 0.2) is 6.10 Å². The fourth-order valence-electron chi connectivity index (χ4n) is 6.34. The van der Waals surface area contributed by atoms with Crippen LogP contribution in [0.2, 0.25) is 5.02 Å². The minimum Gasteiger partial charge on any atom is -0.381 e. The summed E-state index contributed by atoms with van der Waals surface area (Å²) in [7, 11) is 0. The van der Waals surface area contributed by atoms with E-state index in [0.29, 0.717) is 34.3 Å². The molecule has 7 amide bonds. The van der Waals surface area contributed by atoms with Crippen LogP contribution in [0.15, 0.2) is 24.4 Å². The molecule has 1 fully saturated rings. The molecule has 0 bridgehead atoms. The number of carbonyl (C=O) groups excluding carboxylic acids is 7. The van der Waals surface area contributed by atoms with E-state index in [4.69, 9.17) is 23.1 Å². The number of nitrogens with one attached hydrogen (secondary N) is 7. The van der Waals surface area contributed by atoms with E-state index in [1.54, 1.807) is 45.2 Å². The Labute approximate surface area is 331 Å². The fourth-order valence-corrected chi connectivity index (χ4v) is 6.52. The molecular formula is C38H58ClN9O8. The molecule has 56 heavy (non-hydrogen) atoms. The highest BCUT2D eigenvalue weighted by molar-refractivity contribution is 6.31. The molecule has 0 aliphatic carbocycles. The second-order valence-corrected chi connectivity index (χ2v) is 15.7. The quantitative estimate of drug-likeness (QED) is 0.130. The van der Waals surface area contributed by atoms with E-state index in [0.717, 1.165) is 0 Å². The molecule has 0 radical (unpaired) electrons. The first-order chi connectivity index (χ1) is 26.4. The summed E-state index contributed by atoms with van der Waals surface area (Å²) in [5, 5.41) is 27.6. The van der Waals surface area contributed by atoms with Crippen LogP contribution in [0, 0.1) is 17.8 Å². The summed E-state index contributed by atoms with van der Waals surface area (Å²) in [6.07, 6.45) is 0.598. The van der Waals surface area contributed by atoms with E-state index < -0.39 is 95.5 Å². The Morgan fingerprint density at radius 1 is 0.768 bits per heavy atom. The van der Waals surface area contributed by atoms with E-state index in [1.165, 1.54) is 0 Å². The van der Waals surface area contributed by atoms with Gasteiger partial charge in [-0.1, -0.05) is 59.6 Å². The van der Waals surface area contributed by atoms with E-state index in [-0.39, 0.29) is 38.1 Å². The second-order valence-electron chi connectivity index (χ2n) is 15.2. The van der Waals surface area contributed by atoms with Crippen molar-refractivity contribution in [3.05, 3.63) is 35.0 Å². The number of carbonyl (C=O) groups is 7. The highest BCUT2D eigenvalue weighted by atomic mass is 35.5. The number of aliphatic hydroxyl groups excluding tert-OH is 1. The number of aromatic amines is 1. The Morgan fingerprint density at radius 2 is 1.30 bits per heavy atom. The Morgan fingerprint density at radius 3 is 1.88 bits per heavy atom. The molecule has 2 aromatic rings. The normalized spacial score (nSPS) is 24.6. The molecule has 1 saturated heterocycles. The van der Waals surface area contributed by atoms with Gasteiger partial charge in [0.2, 0.25) is 41.4 Å². The number of hydrogen-bond donors (Lipinski definition) is 10. The van der Waals surface area contributed by atoms with E-state index in [2.05, 4.69) is 36.9 Å². The van der Waals surface area contributed by atoms with Crippen molar-refractivity contribution in [2.45, 2.75) is 122 Å². The minimum atomic E-state index is -2.27. The van der Waals surface area contributed by atoms with Gasteiger partial charge in [-0.25, -0.2) is 0 Å². The first-order valence-electron chi connectivity index (χ1n) is 19.1. The number of primary amides is 1. The standard InChI is InChI=1S/C38H58ClN9O8/c1-7-20(6)29-37(55)43-25(9-8-14-40)33(51)48-30(31(49)32(41)50)38(56)45-27(15-21-17-42-24-13-11-22(39)16-23(21)24)35(53)46-28(19(4)5)36(54)44-26(34(52)47-29)12-10-18(2)3/h11,13,16-20,25-31,42,49H,7-10,12,14-15,40H2,1-6H3,(H2,41,50)(H,43,55)(H,44,54)(H,45,56)(H,46,53)(H,47,52)(H,48,51)/t20-,25+,26-,27+,28-,29+,30-,31-/m1/s1. The summed E-state index contributed by atoms with van der Waals surface area (Å²) in [6.45, 7) is 11.0. The van der Waals surface area contributed by atoms with Gasteiger partial charge < -0.3 is 53.5 Å². The lowest BCUT2D eigenvalue weighted by molar-refractivity contribution is -0.141. The SMILES string of the molecule is CC[C@@H](C)[C@@H]1NC(=O)[C@@H](CCC(C)C)NC(=O)[C@@H](C(C)C)NC(=O)[C@H](Cc2c[nH]c3ccc(Cl)cc23)NC(=O)[C@@H]([C@@H](O)C(N)=O)NC(=O)[C@H](CCCN)NC1=O. The summed E-state index contributed by atoms with van der Waals surface area (Å²) in [4.78, 5) is 99.3. The molecule has 0 saturated carbocycles. The van der Waals surface area contributed by atoms with Gasteiger partial charge in [-0.05, 0) is 73.7 Å². The largest absolute Gasteiger partial charge is 0.381 e. The van der Waals surface area contributed by atoms with Crippen molar-refractivity contribution in [3.8, 4) is 0 Å². The average molecular weight is 804 g/mol. The zero-order chi connectivity index (χ0) is 41.9. The predicted molar refractivity (Wildman–Crippen MR) is 210 cm³/mol. The topological polar surface area (TPSA) is 280 Å². The fraction of sp³-hybridized carbons (Fsp3) is 0.605. The summed E-state index contributed by atoms with van der Waals surface area (Å²) >= 11 is 6.27. The zero-order valence-electron chi connectivity index (χ0n) is 32.9. The Bertz CT molecular complexity index is 1730. The zero-order valence-corrected chi connectivity index (χ0v) is 33.6. The maximum atomic E-state index is 14.2.